The smallest absolute Gasteiger partial charge is 0.113 e. The SMILES string of the molecule is CCCNC(C)(C#N)CSCCCO. The molecule has 0 fully saturated rings. The fourth-order valence-corrected chi connectivity index (χ4v) is 2.02. The Bertz CT molecular complexity index is 181. The highest BCUT2D eigenvalue weighted by molar-refractivity contribution is 7.99. The quantitative estimate of drug-likeness (QED) is 0.602. The predicted octanol–water partition coefficient (Wildman–Crippen LogP) is 1.38. The van der Waals surface area contributed by atoms with Crippen molar-refractivity contribution in [3.63, 3.8) is 0 Å². The number of nitriles is 1. The minimum absolute atomic E-state index is 0.235. The Morgan fingerprint density at radius 1 is 1.57 bits per heavy atom. The lowest BCUT2D eigenvalue weighted by Crippen LogP contribution is -2.43. The van der Waals surface area contributed by atoms with Crippen LogP contribution in [0.5, 0.6) is 0 Å². The van der Waals surface area contributed by atoms with Gasteiger partial charge in [-0.25, -0.2) is 0 Å². The summed E-state index contributed by atoms with van der Waals surface area (Å²) in [5, 5.41) is 20.8. The second-order valence-corrected chi connectivity index (χ2v) is 4.61. The lowest BCUT2D eigenvalue weighted by atomic mass is 10.1. The third-order valence-electron chi connectivity index (χ3n) is 1.85. The fourth-order valence-electron chi connectivity index (χ4n) is 0.967. The van der Waals surface area contributed by atoms with Crippen molar-refractivity contribution < 1.29 is 5.11 Å². The third-order valence-corrected chi connectivity index (χ3v) is 3.21. The molecule has 14 heavy (non-hydrogen) atoms. The van der Waals surface area contributed by atoms with Gasteiger partial charge in [0.05, 0.1) is 6.07 Å². The van der Waals surface area contributed by atoms with Crippen LogP contribution in [0.2, 0.25) is 0 Å². The van der Waals surface area contributed by atoms with E-state index in [4.69, 9.17) is 10.4 Å². The van der Waals surface area contributed by atoms with Gasteiger partial charge in [-0.3, -0.25) is 5.32 Å². The fraction of sp³-hybridized carbons (Fsp3) is 0.900. The first-order valence-electron chi connectivity index (χ1n) is 5.03. The summed E-state index contributed by atoms with van der Waals surface area (Å²) >= 11 is 1.71. The van der Waals surface area contributed by atoms with Crippen molar-refractivity contribution in [3.8, 4) is 6.07 Å². The van der Waals surface area contributed by atoms with Gasteiger partial charge >= 0.3 is 0 Å². The molecule has 1 atom stereocenters. The number of hydrogen-bond acceptors (Lipinski definition) is 4. The van der Waals surface area contributed by atoms with E-state index in [0.717, 1.165) is 30.9 Å². The normalized spacial score (nSPS) is 14.7. The van der Waals surface area contributed by atoms with Crippen LogP contribution in [0.1, 0.15) is 26.7 Å². The molecule has 0 aromatic rings. The Kier molecular flexibility index (Phi) is 7.96. The topological polar surface area (TPSA) is 56.0 Å². The lowest BCUT2D eigenvalue weighted by Gasteiger charge is -2.22. The summed E-state index contributed by atoms with van der Waals surface area (Å²) in [7, 11) is 0. The van der Waals surface area contributed by atoms with Crippen LogP contribution in [0.3, 0.4) is 0 Å². The minimum atomic E-state index is -0.421. The summed E-state index contributed by atoms with van der Waals surface area (Å²) < 4.78 is 0. The number of aliphatic hydroxyl groups is 1. The molecule has 0 aromatic carbocycles. The van der Waals surface area contributed by atoms with Crippen molar-refractivity contribution >= 4 is 11.8 Å². The average molecular weight is 216 g/mol. The van der Waals surface area contributed by atoms with Crippen molar-refractivity contribution in [2.75, 3.05) is 24.7 Å². The van der Waals surface area contributed by atoms with Crippen LogP contribution in [0, 0.1) is 11.3 Å². The van der Waals surface area contributed by atoms with Crippen LogP contribution in [-0.4, -0.2) is 35.3 Å². The Labute approximate surface area is 90.9 Å². The third kappa shape index (κ3) is 6.25. The first kappa shape index (κ1) is 13.8. The van der Waals surface area contributed by atoms with Gasteiger partial charge in [0.2, 0.25) is 0 Å². The van der Waals surface area contributed by atoms with Crippen molar-refractivity contribution in [3.05, 3.63) is 0 Å². The molecule has 0 rings (SSSR count). The van der Waals surface area contributed by atoms with Crippen molar-refractivity contribution in [2.45, 2.75) is 32.2 Å². The summed E-state index contributed by atoms with van der Waals surface area (Å²) in [5.41, 5.74) is -0.421. The molecule has 4 heteroatoms. The van der Waals surface area contributed by atoms with Crippen LogP contribution in [0.15, 0.2) is 0 Å². The van der Waals surface area contributed by atoms with E-state index in [2.05, 4.69) is 18.3 Å². The lowest BCUT2D eigenvalue weighted by molar-refractivity contribution is 0.296. The molecule has 82 valence electrons. The zero-order chi connectivity index (χ0) is 10.9. The van der Waals surface area contributed by atoms with E-state index in [9.17, 15) is 0 Å². The maximum Gasteiger partial charge on any atom is 0.113 e. The summed E-state index contributed by atoms with van der Waals surface area (Å²) in [6.45, 7) is 5.13. The van der Waals surface area contributed by atoms with Gasteiger partial charge in [-0.1, -0.05) is 6.92 Å². The molecule has 0 radical (unpaired) electrons. The number of nitrogens with one attached hydrogen (secondary N) is 1. The molecule has 0 amide bonds. The van der Waals surface area contributed by atoms with Gasteiger partial charge in [-0.15, -0.1) is 0 Å². The maximum atomic E-state index is 8.99. The van der Waals surface area contributed by atoms with Gasteiger partial charge in [0.15, 0.2) is 0 Å². The summed E-state index contributed by atoms with van der Waals surface area (Å²) in [4.78, 5) is 0. The standard InChI is InChI=1S/C10H20N2OS/c1-3-5-12-10(2,8-11)9-14-7-4-6-13/h12-13H,3-7,9H2,1-2H3. The number of aliphatic hydroxyl groups excluding tert-OH is 1. The molecule has 0 aliphatic carbocycles. The van der Waals surface area contributed by atoms with Gasteiger partial charge in [0.1, 0.15) is 5.54 Å². The van der Waals surface area contributed by atoms with Crippen LogP contribution < -0.4 is 5.32 Å². The zero-order valence-corrected chi connectivity index (χ0v) is 9.86. The molecule has 0 aromatic heterocycles. The monoisotopic (exact) mass is 216 g/mol. The molecular weight excluding hydrogens is 196 g/mol. The van der Waals surface area contributed by atoms with E-state index < -0.39 is 5.54 Å². The molecule has 0 bridgehead atoms. The highest BCUT2D eigenvalue weighted by Gasteiger charge is 2.21. The van der Waals surface area contributed by atoms with Crippen molar-refractivity contribution in [1.29, 1.82) is 5.26 Å². The Balaban J connectivity index is 3.70. The number of thioether (sulfide) groups is 1. The van der Waals surface area contributed by atoms with Gasteiger partial charge in [0.25, 0.3) is 0 Å². The van der Waals surface area contributed by atoms with Gasteiger partial charge in [-0.2, -0.15) is 17.0 Å². The largest absolute Gasteiger partial charge is 0.396 e. The molecule has 0 spiro atoms. The van der Waals surface area contributed by atoms with Crippen LogP contribution in [0.4, 0.5) is 0 Å². The van der Waals surface area contributed by atoms with E-state index in [0.29, 0.717) is 0 Å². The van der Waals surface area contributed by atoms with E-state index in [-0.39, 0.29) is 6.61 Å². The zero-order valence-electron chi connectivity index (χ0n) is 9.05. The summed E-state index contributed by atoms with van der Waals surface area (Å²) in [6, 6.07) is 2.30. The van der Waals surface area contributed by atoms with Gasteiger partial charge in [0, 0.05) is 12.4 Å². The number of hydrogen-bond donors (Lipinski definition) is 2. The minimum Gasteiger partial charge on any atom is -0.396 e. The highest BCUT2D eigenvalue weighted by atomic mass is 32.2. The molecule has 2 N–H and O–H groups in total. The molecule has 0 saturated heterocycles. The average Bonchev–Trinajstić information content (AvgIpc) is 2.22. The van der Waals surface area contributed by atoms with E-state index in [1.807, 2.05) is 6.92 Å². The number of rotatable bonds is 8. The summed E-state index contributed by atoms with van der Waals surface area (Å²) in [6.07, 6.45) is 1.85. The first-order chi connectivity index (χ1) is 6.68. The molecule has 0 aliphatic heterocycles. The van der Waals surface area contributed by atoms with Gasteiger partial charge in [-0.05, 0) is 32.1 Å². The van der Waals surface area contributed by atoms with Crippen molar-refractivity contribution in [1.82, 2.24) is 5.32 Å². The van der Waals surface area contributed by atoms with Crippen molar-refractivity contribution in [2.24, 2.45) is 0 Å². The maximum absolute atomic E-state index is 8.99. The molecule has 3 nitrogen and oxygen atoms in total. The molecule has 1 unspecified atom stereocenters. The molecular formula is C10H20N2OS. The predicted molar refractivity (Wildman–Crippen MR) is 61.3 cm³/mol. The Morgan fingerprint density at radius 2 is 2.29 bits per heavy atom. The Hall–Kier alpha value is -0.240. The summed E-state index contributed by atoms with van der Waals surface area (Å²) in [5.74, 6) is 1.70. The molecule has 0 heterocycles. The van der Waals surface area contributed by atoms with Gasteiger partial charge < -0.3 is 5.11 Å². The molecule has 0 aliphatic rings. The Morgan fingerprint density at radius 3 is 2.79 bits per heavy atom. The first-order valence-corrected chi connectivity index (χ1v) is 6.19. The van der Waals surface area contributed by atoms with E-state index in [1.54, 1.807) is 11.8 Å². The van der Waals surface area contributed by atoms with E-state index >= 15 is 0 Å². The van der Waals surface area contributed by atoms with Crippen LogP contribution >= 0.6 is 11.8 Å². The van der Waals surface area contributed by atoms with Crippen LogP contribution in [-0.2, 0) is 0 Å². The van der Waals surface area contributed by atoms with Crippen LogP contribution in [0.25, 0.3) is 0 Å². The molecule has 0 saturated carbocycles. The highest BCUT2D eigenvalue weighted by Crippen LogP contribution is 2.13. The second-order valence-electron chi connectivity index (χ2n) is 3.50. The second kappa shape index (κ2) is 8.10. The number of nitrogens with zero attached hydrogens (tertiary/aromatic N) is 1. The van der Waals surface area contributed by atoms with E-state index in [1.165, 1.54) is 0 Å².